The molecule has 8 heteroatoms. The molecule has 7 nitrogen and oxygen atoms in total. The van der Waals surface area contributed by atoms with Gasteiger partial charge in [-0.05, 0) is 71.4 Å². The van der Waals surface area contributed by atoms with Crippen LogP contribution in [-0.4, -0.2) is 28.9 Å². The Labute approximate surface area is 211 Å². The Morgan fingerprint density at radius 2 is 1.50 bits per heavy atom. The van der Waals surface area contributed by atoms with Gasteiger partial charge in [0.25, 0.3) is 5.91 Å². The van der Waals surface area contributed by atoms with E-state index in [0.717, 1.165) is 20.6 Å². The van der Waals surface area contributed by atoms with Crippen LogP contribution in [0.4, 0.5) is 11.4 Å². The Kier molecular flexibility index (Phi) is 6.26. The van der Waals surface area contributed by atoms with Gasteiger partial charge in [-0.1, -0.05) is 30.3 Å². The van der Waals surface area contributed by atoms with Crippen LogP contribution in [0.1, 0.15) is 27.1 Å². The van der Waals surface area contributed by atoms with E-state index in [9.17, 15) is 19.2 Å². The molecule has 1 aliphatic rings. The van der Waals surface area contributed by atoms with Crippen molar-refractivity contribution >= 4 is 57.5 Å². The number of imide groups is 1. The summed E-state index contributed by atoms with van der Waals surface area (Å²) in [6.45, 7) is 0. The fraction of sp³-hybridized carbons (Fsp3) is 0.0714. The summed E-state index contributed by atoms with van der Waals surface area (Å²) < 4.78 is 0. The van der Waals surface area contributed by atoms with Gasteiger partial charge in [0.05, 0.1) is 10.9 Å². The monoisotopic (exact) mass is 495 g/mol. The molecule has 5 rings (SSSR count). The average Bonchev–Trinajstić information content (AvgIpc) is 3.17. The van der Waals surface area contributed by atoms with Crippen molar-refractivity contribution in [3.05, 3.63) is 102 Å². The summed E-state index contributed by atoms with van der Waals surface area (Å²) in [4.78, 5) is 51.4. The number of primary amides is 1. The van der Waals surface area contributed by atoms with Crippen LogP contribution in [0.15, 0.2) is 95.9 Å². The quantitative estimate of drug-likeness (QED) is 0.380. The minimum Gasteiger partial charge on any atom is -0.366 e. The molecule has 1 saturated heterocycles. The van der Waals surface area contributed by atoms with E-state index in [1.165, 1.54) is 36.0 Å². The largest absolute Gasteiger partial charge is 0.366 e. The van der Waals surface area contributed by atoms with E-state index >= 15 is 0 Å². The maximum absolute atomic E-state index is 12.9. The lowest BCUT2D eigenvalue weighted by atomic mass is 10.1. The van der Waals surface area contributed by atoms with Gasteiger partial charge in [-0.2, -0.15) is 0 Å². The smallest absolute Gasteiger partial charge is 0.255 e. The van der Waals surface area contributed by atoms with Gasteiger partial charge in [0, 0.05) is 28.1 Å². The van der Waals surface area contributed by atoms with Gasteiger partial charge < -0.3 is 11.1 Å². The molecule has 1 unspecified atom stereocenters. The van der Waals surface area contributed by atoms with E-state index < -0.39 is 11.2 Å². The molecule has 0 aromatic heterocycles. The van der Waals surface area contributed by atoms with Crippen molar-refractivity contribution in [2.75, 3.05) is 10.2 Å². The summed E-state index contributed by atoms with van der Waals surface area (Å²) in [5.41, 5.74) is 7.15. The normalized spacial score (nSPS) is 15.3. The van der Waals surface area contributed by atoms with E-state index in [0.29, 0.717) is 22.5 Å². The molecule has 4 amide bonds. The Hall–Kier alpha value is -4.43. The first-order valence-electron chi connectivity index (χ1n) is 11.2. The van der Waals surface area contributed by atoms with Gasteiger partial charge >= 0.3 is 0 Å². The van der Waals surface area contributed by atoms with Crippen molar-refractivity contribution < 1.29 is 19.2 Å². The van der Waals surface area contributed by atoms with Crippen molar-refractivity contribution in [3.63, 3.8) is 0 Å². The molecule has 0 radical (unpaired) electrons. The van der Waals surface area contributed by atoms with Gasteiger partial charge in [-0.3, -0.25) is 19.2 Å². The number of amides is 4. The summed E-state index contributed by atoms with van der Waals surface area (Å²) in [7, 11) is 0. The highest BCUT2D eigenvalue weighted by Crippen LogP contribution is 2.34. The number of anilines is 2. The van der Waals surface area contributed by atoms with Gasteiger partial charge in [-0.25, -0.2) is 4.90 Å². The number of rotatable bonds is 6. The first-order valence-corrected chi connectivity index (χ1v) is 12.1. The number of fused-ring (bicyclic) bond motifs is 1. The number of benzene rings is 4. The zero-order valence-electron chi connectivity index (χ0n) is 19.0. The molecular weight excluding hydrogens is 474 g/mol. The SMILES string of the molecule is NC(=O)c1ccc(N2C(=O)CC(Sc3ccc(NC(=O)c4ccc5ccccc5c4)cc3)C2=O)cc1. The topological polar surface area (TPSA) is 110 Å². The molecule has 178 valence electrons. The molecule has 0 aliphatic carbocycles. The highest BCUT2D eigenvalue weighted by atomic mass is 32.2. The minimum absolute atomic E-state index is 0.0710. The van der Waals surface area contributed by atoms with Crippen LogP contribution < -0.4 is 16.0 Å². The highest BCUT2D eigenvalue weighted by molar-refractivity contribution is 8.00. The van der Waals surface area contributed by atoms with Crippen LogP contribution in [0.25, 0.3) is 10.8 Å². The molecule has 1 aliphatic heterocycles. The number of carbonyl (C=O) groups is 4. The van der Waals surface area contributed by atoms with Gasteiger partial charge in [0.1, 0.15) is 0 Å². The summed E-state index contributed by atoms with van der Waals surface area (Å²) in [5.74, 6) is -1.41. The summed E-state index contributed by atoms with van der Waals surface area (Å²) in [5, 5.41) is 4.38. The van der Waals surface area contributed by atoms with Crippen LogP contribution in [0.3, 0.4) is 0 Å². The molecule has 1 fully saturated rings. The second-order valence-corrected chi connectivity index (χ2v) is 9.61. The number of carbonyl (C=O) groups excluding carboxylic acids is 4. The number of nitrogens with two attached hydrogens (primary N) is 1. The highest BCUT2D eigenvalue weighted by Gasteiger charge is 2.40. The molecule has 36 heavy (non-hydrogen) atoms. The number of thioether (sulfide) groups is 1. The van der Waals surface area contributed by atoms with Gasteiger partial charge in [-0.15, -0.1) is 11.8 Å². The lowest BCUT2D eigenvalue weighted by Crippen LogP contribution is -2.31. The van der Waals surface area contributed by atoms with E-state index in [2.05, 4.69) is 5.32 Å². The van der Waals surface area contributed by atoms with Crippen LogP contribution in [-0.2, 0) is 9.59 Å². The number of nitrogens with one attached hydrogen (secondary N) is 1. The summed E-state index contributed by atoms with van der Waals surface area (Å²) in [6.07, 6.45) is 0.0710. The Balaban J connectivity index is 1.23. The third kappa shape index (κ3) is 4.71. The predicted octanol–water partition coefficient (Wildman–Crippen LogP) is 4.62. The molecule has 0 bridgehead atoms. The standard InChI is InChI=1S/C28H21N3O4S/c29-26(33)18-7-11-22(12-8-18)31-25(32)16-24(28(31)35)36-23-13-9-21(10-14-23)30-27(34)20-6-5-17-3-1-2-4-19(17)15-20/h1-15,24H,16H2,(H2,29,33)(H,30,34). The predicted molar refractivity (Wildman–Crippen MR) is 140 cm³/mol. The fourth-order valence-electron chi connectivity index (χ4n) is 4.06. The summed E-state index contributed by atoms with van der Waals surface area (Å²) >= 11 is 1.30. The molecule has 0 saturated carbocycles. The Morgan fingerprint density at radius 1 is 0.833 bits per heavy atom. The first-order chi connectivity index (χ1) is 17.4. The van der Waals surface area contributed by atoms with Crippen molar-refractivity contribution in [1.82, 2.24) is 0 Å². The van der Waals surface area contributed by atoms with E-state index in [-0.39, 0.29) is 24.1 Å². The zero-order valence-corrected chi connectivity index (χ0v) is 19.8. The van der Waals surface area contributed by atoms with Crippen molar-refractivity contribution in [1.29, 1.82) is 0 Å². The summed E-state index contributed by atoms with van der Waals surface area (Å²) in [6, 6.07) is 26.6. The maximum atomic E-state index is 12.9. The number of hydrogen-bond donors (Lipinski definition) is 2. The van der Waals surface area contributed by atoms with Gasteiger partial charge in [0.2, 0.25) is 17.7 Å². The molecule has 4 aromatic rings. The fourth-order valence-corrected chi connectivity index (χ4v) is 5.11. The molecule has 4 aromatic carbocycles. The molecule has 1 atom stereocenters. The Morgan fingerprint density at radius 3 is 2.19 bits per heavy atom. The second kappa shape index (κ2) is 9.67. The van der Waals surface area contributed by atoms with Crippen LogP contribution >= 0.6 is 11.8 Å². The zero-order chi connectivity index (χ0) is 25.2. The van der Waals surface area contributed by atoms with Crippen molar-refractivity contribution in [3.8, 4) is 0 Å². The van der Waals surface area contributed by atoms with Crippen molar-refractivity contribution in [2.45, 2.75) is 16.6 Å². The third-order valence-corrected chi connectivity index (χ3v) is 7.11. The van der Waals surface area contributed by atoms with Crippen molar-refractivity contribution in [2.24, 2.45) is 5.73 Å². The van der Waals surface area contributed by atoms with E-state index in [1.807, 2.05) is 48.5 Å². The average molecular weight is 496 g/mol. The lowest BCUT2D eigenvalue weighted by molar-refractivity contribution is -0.121. The van der Waals surface area contributed by atoms with E-state index in [1.54, 1.807) is 18.2 Å². The Bertz CT molecular complexity index is 1500. The second-order valence-electron chi connectivity index (χ2n) is 8.33. The number of hydrogen-bond acceptors (Lipinski definition) is 5. The van der Waals surface area contributed by atoms with Crippen LogP contribution in [0, 0.1) is 0 Å². The minimum atomic E-state index is -0.578. The number of nitrogens with zero attached hydrogens (tertiary/aromatic N) is 1. The van der Waals surface area contributed by atoms with Crippen LogP contribution in [0.2, 0.25) is 0 Å². The molecule has 1 heterocycles. The van der Waals surface area contributed by atoms with Gasteiger partial charge in [0.15, 0.2) is 0 Å². The lowest BCUT2D eigenvalue weighted by Gasteiger charge is -2.15. The molecular formula is C28H21N3O4S. The third-order valence-electron chi connectivity index (χ3n) is 5.92. The van der Waals surface area contributed by atoms with Crippen LogP contribution in [0.5, 0.6) is 0 Å². The maximum Gasteiger partial charge on any atom is 0.255 e. The first kappa shape index (κ1) is 23.3. The van der Waals surface area contributed by atoms with E-state index in [4.69, 9.17) is 5.73 Å². The molecule has 3 N–H and O–H groups in total. The molecule has 0 spiro atoms.